The fourth-order valence-electron chi connectivity index (χ4n) is 6.08. The average Bonchev–Trinajstić information content (AvgIpc) is 3.31. The van der Waals surface area contributed by atoms with Crippen molar-refractivity contribution in [2.45, 2.75) is 57.8 Å². The molecule has 1 aliphatic carbocycles. The lowest BCUT2D eigenvalue weighted by molar-refractivity contribution is -0.152. The molecular formula is C47H50O17. The molecular weight excluding hydrogens is 836 g/mol. The lowest BCUT2D eigenvalue weighted by atomic mass is 9.82. The minimum atomic E-state index is -0.819. The number of ether oxygens (including phenoxy) is 9. The standard InChI is InChI=1S/C47H50O17/c1-4-40(48)58-26-7-6-25-57-35-18-14-34(15-19-35)45(53)63-37-20-21-39(38(30-37)47(55)56-3)64-46(54)33-12-10-32(11-13-33)44(52)62-36-16-8-31(9-17-36)24-27-59-42(50)22-23-43(51)61-29-28-60-41(49)5-2/h4-5,8-9,14-21,30,32-33H,1-2,6-7,10-13,22-29H2,3H3. The van der Waals surface area contributed by atoms with Crippen LogP contribution in [-0.2, 0) is 58.9 Å². The van der Waals surface area contributed by atoms with E-state index in [-0.39, 0.29) is 61.9 Å². The first-order chi connectivity index (χ1) is 30.9. The van der Waals surface area contributed by atoms with E-state index in [0.29, 0.717) is 63.1 Å². The Labute approximate surface area is 369 Å². The van der Waals surface area contributed by atoms with Gasteiger partial charge in [-0.05, 0) is 98.7 Å². The van der Waals surface area contributed by atoms with Gasteiger partial charge in [0.15, 0.2) is 0 Å². The highest BCUT2D eigenvalue weighted by molar-refractivity contribution is 5.95. The topological polar surface area (TPSA) is 220 Å². The lowest BCUT2D eigenvalue weighted by Crippen LogP contribution is -2.30. The first-order valence-corrected chi connectivity index (χ1v) is 20.5. The maximum absolute atomic E-state index is 13.2. The molecule has 0 atom stereocenters. The molecule has 17 nitrogen and oxygen atoms in total. The molecule has 17 heteroatoms. The summed E-state index contributed by atoms with van der Waals surface area (Å²) in [6.45, 7) is 7.02. The van der Waals surface area contributed by atoms with Gasteiger partial charge in [-0.15, -0.1) is 0 Å². The number of methoxy groups -OCH3 is 1. The molecule has 0 unspecified atom stereocenters. The summed E-state index contributed by atoms with van der Waals surface area (Å²) in [5.41, 5.74) is 0.897. The molecule has 340 valence electrons. The Morgan fingerprint density at radius 1 is 0.562 bits per heavy atom. The molecule has 0 saturated heterocycles. The van der Waals surface area contributed by atoms with Crippen LogP contribution in [-0.4, -0.2) is 87.9 Å². The van der Waals surface area contributed by atoms with E-state index in [1.807, 2.05) is 0 Å². The van der Waals surface area contributed by atoms with Gasteiger partial charge >= 0.3 is 47.8 Å². The molecule has 0 N–H and O–H groups in total. The van der Waals surface area contributed by atoms with E-state index in [1.165, 1.54) is 30.3 Å². The van der Waals surface area contributed by atoms with Crippen LogP contribution in [0.5, 0.6) is 23.0 Å². The monoisotopic (exact) mass is 886 g/mol. The average molecular weight is 887 g/mol. The number of esters is 8. The number of unbranched alkanes of at least 4 members (excludes halogenated alkanes) is 1. The number of benzene rings is 3. The molecule has 64 heavy (non-hydrogen) atoms. The molecule has 0 heterocycles. The van der Waals surface area contributed by atoms with Gasteiger partial charge in [0.2, 0.25) is 0 Å². The second-order valence-corrected chi connectivity index (χ2v) is 14.1. The third-order valence-electron chi connectivity index (χ3n) is 9.57. The van der Waals surface area contributed by atoms with Gasteiger partial charge in [0.25, 0.3) is 0 Å². The van der Waals surface area contributed by atoms with E-state index >= 15 is 0 Å². The number of rotatable bonds is 24. The Morgan fingerprint density at radius 3 is 1.70 bits per heavy atom. The summed E-state index contributed by atoms with van der Waals surface area (Å²) in [5, 5.41) is 0. The van der Waals surface area contributed by atoms with Crippen molar-refractivity contribution in [2.24, 2.45) is 11.8 Å². The SMILES string of the molecule is C=CC(=O)OCCCCOc1ccc(C(=O)Oc2ccc(OC(=O)C3CCC(C(=O)Oc4ccc(CCOC(=O)CCC(=O)OCCOC(=O)C=C)cc4)CC3)c(C(=O)OC)c2)cc1. The number of carbonyl (C=O) groups is 8. The van der Waals surface area contributed by atoms with Crippen molar-refractivity contribution in [1.29, 1.82) is 0 Å². The summed E-state index contributed by atoms with van der Waals surface area (Å²) >= 11 is 0. The molecule has 3 aromatic carbocycles. The fraction of sp³-hybridized carbons (Fsp3) is 0.362. The minimum absolute atomic E-state index is 0.00968. The Balaban J connectivity index is 1.16. The molecule has 3 aromatic rings. The third-order valence-corrected chi connectivity index (χ3v) is 9.57. The maximum atomic E-state index is 13.2. The molecule has 0 spiro atoms. The molecule has 0 amide bonds. The van der Waals surface area contributed by atoms with Gasteiger partial charge in [-0.1, -0.05) is 25.3 Å². The van der Waals surface area contributed by atoms with Crippen LogP contribution in [0.15, 0.2) is 92.0 Å². The highest BCUT2D eigenvalue weighted by Gasteiger charge is 2.33. The van der Waals surface area contributed by atoms with E-state index in [9.17, 15) is 38.4 Å². The second kappa shape index (κ2) is 26.2. The molecule has 1 saturated carbocycles. The summed E-state index contributed by atoms with van der Waals surface area (Å²) in [7, 11) is 1.16. The first-order valence-electron chi connectivity index (χ1n) is 20.5. The molecule has 4 rings (SSSR count). The quantitative estimate of drug-likeness (QED) is 0.0329. The summed E-state index contributed by atoms with van der Waals surface area (Å²) in [6, 6.07) is 16.9. The number of hydrogen-bond acceptors (Lipinski definition) is 17. The molecule has 1 fully saturated rings. The predicted molar refractivity (Wildman–Crippen MR) is 224 cm³/mol. The van der Waals surface area contributed by atoms with Crippen molar-refractivity contribution in [3.8, 4) is 23.0 Å². The van der Waals surface area contributed by atoms with Gasteiger partial charge in [-0.2, -0.15) is 0 Å². The number of carbonyl (C=O) groups excluding carboxylic acids is 8. The van der Waals surface area contributed by atoms with Gasteiger partial charge in [0.1, 0.15) is 41.8 Å². The minimum Gasteiger partial charge on any atom is -0.494 e. The Kier molecular flexibility index (Phi) is 20.2. The van der Waals surface area contributed by atoms with Crippen LogP contribution in [0, 0.1) is 11.8 Å². The first kappa shape index (κ1) is 49.4. The fourth-order valence-corrected chi connectivity index (χ4v) is 6.08. The van der Waals surface area contributed by atoms with Crippen LogP contribution in [0.3, 0.4) is 0 Å². The molecule has 0 aromatic heterocycles. The van der Waals surface area contributed by atoms with Crippen molar-refractivity contribution in [2.75, 3.05) is 40.1 Å². The predicted octanol–water partition coefficient (Wildman–Crippen LogP) is 6.04. The molecule has 0 radical (unpaired) electrons. The Hall–Kier alpha value is -7.30. The zero-order valence-corrected chi connectivity index (χ0v) is 35.4. The highest BCUT2D eigenvalue weighted by atomic mass is 16.6. The van der Waals surface area contributed by atoms with Crippen LogP contribution < -0.4 is 18.9 Å². The zero-order chi connectivity index (χ0) is 46.3. The highest BCUT2D eigenvalue weighted by Crippen LogP contribution is 2.33. The van der Waals surface area contributed by atoms with Crippen LogP contribution >= 0.6 is 0 Å². The molecule has 0 aliphatic heterocycles. The Morgan fingerprint density at radius 2 is 1.09 bits per heavy atom. The molecule has 0 bridgehead atoms. The summed E-state index contributed by atoms with van der Waals surface area (Å²) in [4.78, 5) is 97.6. The van der Waals surface area contributed by atoms with Gasteiger partial charge in [0.05, 0.1) is 57.2 Å². The van der Waals surface area contributed by atoms with E-state index in [4.69, 9.17) is 42.6 Å². The van der Waals surface area contributed by atoms with Gasteiger partial charge in [-0.3, -0.25) is 19.2 Å². The van der Waals surface area contributed by atoms with E-state index in [2.05, 4.69) is 13.2 Å². The van der Waals surface area contributed by atoms with Crippen molar-refractivity contribution in [3.05, 3.63) is 109 Å². The van der Waals surface area contributed by atoms with E-state index in [0.717, 1.165) is 24.8 Å². The van der Waals surface area contributed by atoms with Crippen molar-refractivity contribution < 1.29 is 81.0 Å². The van der Waals surface area contributed by atoms with Gasteiger partial charge < -0.3 is 42.6 Å². The van der Waals surface area contributed by atoms with Crippen molar-refractivity contribution in [1.82, 2.24) is 0 Å². The largest absolute Gasteiger partial charge is 0.494 e. The second-order valence-electron chi connectivity index (χ2n) is 14.1. The summed E-state index contributed by atoms with van der Waals surface area (Å²) in [5.74, 6) is -5.12. The Bertz CT molecular complexity index is 2120. The van der Waals surface area contributed by atoms with Crippen LogP contribution in [0.1, 0.15) is 77.6 Å². The van der Waals surface area contributed by atoms with Crippen molar-refractivity contribution >= 4 is 47.8 Å². The van der Waals surface area contributed by atoms with Crippen molar-refractivity contribution in [3.63, 3.8) is 0 Å². The molecule has 1 aliphatic rings. The van der Waals surface area contributed by atoms with Crippen LogP contribution in [0.2, 0.25) is 0 Å². The van der Waals surface area contributed by atoms with Crippen LogP contribution in [0.4, 0.5) is 0 Å². The zero-order valence-electron chi connectivity index (χ0n) is 35.4. The third kappa shape index (κ3) is 16.9. The van der Waals surface area contributed by atoms with Gasteiger partial charge in [0, 0.05) is 18.6 Å². The van der Waals surface area contributed by atoms with E-state index < -0.39 is 59.6 Å². The smallest absolute Gasteiger partial charge is 0.343 e. The van der Waals surface area contributed by atoms with E-state index in [1.54, 1.807) is 36.4 Å². The maximum Gasteiger partial charge on any atom is 0.343 e. The van der Waals surface area contributed by atoms with Crippen LogP contribution in [0.25, 0.3) is 0 Å². The normalized spacial score (nSPS) is 14.1. The summed E-state index contributed by atoms with van der Waals surface area (Å²) < 4.78 is 46.9. The van der Waals surface area contributed by atoms with Gasteiger partial charge in [-0.25, -0.2) is 19.2 Å². The number of hydrogen-bond donors (Lipinski definition) is 0. The lowest BCUT2D eigenvalue weighted by Gasteiger charge is -2.26. The summed E-state index contributed by atoms with van der Waals surface area (Å²) in [6.07, 6.45) is 4.77.